The van der Waals surface area contributed by atoms with E-state index in [4.69, 9.17) is 4.98 Å². The first-order valence-electron chi connectivity index (χ1n) is 12.4. The number of rotatable bonds is 12. The number of para-hydroxylation sites is 2. The molecule has 6 nitrogen and oxygen atoms in total. The van der Waals surface area contributed by atoms with Crippen molar-refractivity contribution in [3.8, 4) is 0 Å². The van der Waals surface area contributed by atoms with Crippen LogP contribution in [0.4, 0.5) is 11.6 Å². The number of hydrogen-bond acceptors (Lipinski definition) is 4. The van der Waals surface area contributed by atoms with Crippen molar-refractivity contribution in [3.05, 3.63) is 82.3 Å². The van der Waals surface area contributed by atoms with Crippen molar-refractivity contribution in [2.24, 2.45) is 0 Å². The van der Waals surface area contributed by atoms with Crippen molar-refractivity contribution in [1.29, 1.82) is 0 Å². The SMILES string of the molecule is CCCCCCCn1c(NCc2cc(Br)ccc2NS(=O)(=O)c2ccc(C)cc2)nc2ccccc21. The van der Waals surface area contributed by atoms with E-state index in [2.05, 4.69) is 43.5 Å². The van der Waals surface area contributed by atoms with Gasteiger partial charge in [0.1, 0.15) is 0 Å². The number of nitrogens with zero attached hydrogens (tertiary/aromatic N) is 2. The monoisotopic (exact) mass is 568 g/mol. The highest BCUT2D eigenvalue weighted by Crippen LogP contribution is 2.26. The molecule has 0 saturated heterocycles. The Balaban J connectivity index is 1.55. The summed E-state index contributed by atoms with van der Waals surface area (Å²) >= 11 is 3.53. The Bertz CT molecular complexity index is 1420. The summed E-state index contributed by atoms with van der Waals surface area (Å²) in [6.07, 6.45) is 6.02. The van der Waals surface area contributed by atoms with Crippen molar-refractivity contribution in [1.82, 2.24) is 9.55 Å². The van der Waals surface area contributed by atoms with E-state index >= 15 is 0 Å². The van der Waals surface area contributed by atoms with Gasteiger partial charge in [-0.3, -0.25) is 4.72 Å². The predicted octanol–water partition coefficient (Wildman–Crippen LogP) is 7.49. The van der Waals surface area contributed by atoms with Crippen molar-refractivity contribution in [3.63, 3.8) is 0 Å². The van der Waals surface area contributed by atoms with Gasteiger partial charge in [0.15, 0.2) is 0 Å². The number of fused-ring (bicyclic) bond motifs is 1. The molecule has 0 spiro atoms. The Morgan fingerprint density at radius 1 is 0.944 bits per heavy atom. The van der Waals surface area contributed by atoms with Gasteiger partial charge in [-0.05, 0) is 61.4 Å². The average Bonchev–Trinajstić information content (AvgIpc) is 3.21. The number of sulfonamides is 1. The summed E-state index contributed by atoms with van der Waals surface area (Å²) in [6, 6.07) is 20.5. The van der Waals surface area contributed by atoms with Crippen LogP contribution in [0.25, 0.3) is 11.0 Å². The first kappa shape index (κ1) is 26.2. The van der Waals surface area contributed by atoms with Gasteiger partial charge in [-0.15, -0.1) is 0 Å². The van der Waals surface area contributed by atoms with Gasteiger partial charge >= 0.3 is 0 Å². The zero-order valence-corrected chi connectivity index (χ0v) is 23.2. The lowest BCUT2D eigenvalue weighted by molar-refractivity contribution is 0.577. The Kier molecular flexibility index (Phi) is 8.69. The number of unbranched alkanes of at least 4 members (excludes halogenated alkanes) is 4. The fourth-order valence-electron chi connectivity index (χ4n) is 4.21. The summed E-state index contributed by atoms with van der Waals surface area (Å²) in [6.45, 7) is 5.46. The van der Waals surface area contributed by atoms with Gasteiger partial charge in [-0.1, -0.05) is 78.4 Å². The molecule has 36 heavy (non-hydrogen) atoms. The van der Waals surface area contributed by atoms with E-state index in [1.165, 1.54) is 25.7 Å². The Morgan fingerprint density at radius 3 is 2.47 bits per heavy atom. The third-order valence-corrected chi connectivity index (χ3v) is 8.09. The van der Waals surface area contributed by atoms with Crippen LogP contribution in [-0.4, -0.2) is 18.0 Å². The molecule has 0 saturated carbocycles. The van der Waals surface area contributed by atoms with Crippen LogP contribution in [0.5, 0.6) is 0 Å². The van der Waals surface area contributed by atoms with E-state index in [9.17, 15) is 8.42 Å². The zero-order valence-electron chi connectivity index (χ0n) is 20.8. The number of benzene rings is 3. The van der Waals surface area contributed by atoms with Crippen molar-refractivity contribution in [2.45, 2.75) is 63.9 Å². The molecule has 0 bridgehead atoms. The van der Waals surface area contributed by atoms with Crippen LogP contribution in [-0.2, 0) is 23.1 Å². The minimum atomic E-state index is -3.71. The smallest absolute Gasteiger partial charge is 0.261 e. The van der Waals surface area contributed by atoms with Crippen molar-refractivity contribution >= 4 is 48.6 Å². The minimum Gasteiger partial charge on any atom is -0.351 e. The van der Waals surface area contributed by atoms with Gasteiger partial charge in [-0.25, -0.2) is 13.4 Å². The second-order valence-electron chi connectivity index (χ2n) is 9.06. The molecule has 190 valence electrons. The van der Waals surface area contributed by atoms with Crippen LogP contribution >= 0.6 is 15.9 Å². The molecule has 0 radical (unpaired) electrons. The number of imidazole rings is 1. The van der Waals surface area contributed by atoms with Gasteiger partial charge in [0.05, 0.1) is 21.6 Å². The van der Waals surface area contributed by atoms with Gasteiger partial charge in [0.2, 0.25) is 5.95 Å². The molecule has 0 amide bonds. The molecule has 1 aromatic heterocycles. The van der Waals surface area contributed by atoms with E-state index in [1.807, 2.05) is 37.3 Å². The lowest BCUT2D eigenvalue weighted by Gasteiger charge is -2.15. The maximum atomic E-state index is 13.0. The Hall–Kier alpha value is -2.84. The molecule has 8 heteroatoms. The molecule has 0 aliphatic rings. The first-order chi connectivity index (χ1) is 17.4. The first-order valence-corrected chi connectivity index (χ1v) is 14.7. The number of hydrogen-bond donors (Lipinski definition) is 2. The minimum absolute atomic E-state index is 0.236. The molecule has 0 aliphatic heterocycles. The molecular weight excluding hydrogens is 536 g/mol. The zero-order chi connectivity index (χ0) is 25.5. The summed E-state index contributed by atoms with van der Waals surface area (Å²) in [4.78, 5) is 5.06. The summed E-state index contributed by atoms with van der Waals surface area (Å²) in [5.41, 5.74) is 4.42. The van der Waals surface area contributed by atoms with Gasteiger partial charge < -0.3 is 9.88 Å². The number of halogens is 1. The largest absolute Gasteiger partial charge is 0.351 e. The molecule has 4 rings (SSSR count). The topological polar surface area (TPSA) is 76.0 Å². The normalized spacial score (nSPS) is 11.6. The Morgan fingerprint density at radius 2 is 1.69 bits per heavy atom. The van der Waals surface area contributed by atoms with E-state index < -0.39 is 10.0 Å². The van der Waals surface area contributed by atoms with E-state index in [1.54, 1.807) is 30.3 Å². The molecule has 0 atom stereocenters. The molecule has 0 aliphatic carbocycles. The van der Waals surface area contributed by atoms with Gasteiger partial charge in [0.25, 0.3) is 10.0 Å². The molecule has 3 aromatic carbocycles. The fourth-order valence-corrected chi connectivity index (χ4v) is 5.72. The highest BCUT2D eigenvalue weighted by molar-refractivity contribution is 9.10. The predicted molar refractivity (Wildman–Crippen MR) is 152 cm³/mol. The molecule has 4 aromatic rings. The summed E-state index contributed by atoms with van der Waals surface area (Å²) < 4.78 is 31.9. The number of nitrogens with one attached hydrogen (secondary N) is 2. The third kappa shape index (κ3) is 6.48. The highest BCUT2D eigenvalue weighted by atomic mass is 79.9. The van der Waals surface area contributed by atoms with Crippen LogP contribution in [0.2, 0.25) is 0 Å². The molecular formula is C28H33BrN4O2S. The number of anilines is 2. The number of aryl methyl sites for hydroxylation is 2. The second kappa shape index (κ2) is 11.9. The fraction of sp³-hybridized carbons (Fsp3) is 0.321. The summed E-state index contributed by atoms with van der Waals surface area (Å²) in [7, 11) is -3.71. The van der Waals surface area contributed by atoms with E-state index in [-0.39, 0.29) is 4.90 Å². The third-order valence-electron chi connectivity index (χ3n) is 6.22. The maximum absolute atomic E-state index is 13.0. The summed E-state index contributed by atoms with van der Waals surface area (Å²) in [5, 5.41) is 3.47. The van der Waals surface area contributed by atoms with Crippen LogP contribution in [0.1, 0.15) is 50.2 Å². The highest BCUT2D eigenvalue weighted by Gasteiger charge is 2.17. The quantitative estimate of drug-likeness (QED) is 0.173. The molecule has 1 heterocycles. The molecule has 0 unspecified atom stereocenters. The van der Waals surface area contributed by atoms with Gasteiger partial charge in [0, 0.05) is 17.6 Å². The van der Waals surface area contributed by atoms with Crippen molar-refractivity contribution in [2.75, 3.05) is 10.0 Å². The van der Waals surface area contributed by atoms with Crippen molar-refractivity contribution < 1.29 is 8.42 Å². The molecule has 2 N–H and O–H groups in total. The van der Waals surface area contributed by atoms with Crippen LogP contribution in [0, 0.1) is 6.92 Å². The van der Waals surface area contributed by atoms with E-state index in [0.29, 0.717) is 12.2 Å². The maximum Gasteiger partial charge on any atom is 0.261 e. The van der Waals surface area contributed by atoms with Crippen LogP contribution in [0.3, 0.4) is 0 Å². The number of aromatic nitrogens is 2. The Labute approximate surface area is 222 Å². The standard InChI is InChI=1S/C28H33BrN4O2S/c1-3-4-5-6-9-18-33-27-11-8-7-10-26(27)31-28(33)30-20-22-19-23(29)14-17-25(22)32-36(34,35)24-15-12-21(2)13-16-24/h7-8,10-17,19,32H,3-6,9,18,20H2,1-2H3,(H,30,31). The van der Waals surface area contributed by atoms with Gasteiger partial charge in [-0.2, -0.15) is 0 Å². The average molecular weight is 570 g/mol. The summed E-state index contributed by atoms with van der Waals surface area (Å²) in [5.74, 6) is 0.791. The lowest BCUT2D eigenvalue weighted by Crippen LogP contribution is -2.15. The molecule has 0 fully saturated rings. The van der Waals surface area contributed by atoms with Crippen LogP contribution in [0.15, 0.2) is 76.1 Å². The lowest BCUT2D eigenvalue weighted by atomic mass is 10.1. The van der Waals surface area contributed by atoms with Crippen LogP contribution < -0.4 is 10.0 Å². The second-order valence-corrected chi connectivity index (χ2v) is 11.7. The van der Waals surface area contributed by atoms with E-state index in [0.717, 1.165) is 45.5 Å².